The van der Waals surface area contributed by atoms with Crippen molar-refractivity contribution in [2.75, 3.05) is 11.5 Å². The van der Waals surface area contributed by atoms with Gasteiger partial charge in [0.25, 0.3) is 10.1 Å². The first-order chi connectivity index (χ1) is 8.60. The standard InChI is InChI=1S/C12H18O5S2/c1-10(2)9-11-3-5-12(6-4-11)18(13,14)7-8-19(15,16)17/h3-6,10H,7-9H2,1-2H3,(H,15,16,17). The van der Waals surface area contributed by atoms with Gasteiger partial charge in [0.1, 0.15) is 0 Å². The van der Waals surface area contributed by atoms with Gasteiger partial charge in [0.15, 0.2) is 9.84 Å². The molecule has 1 N–H and O–H groups in total. The molecule has 0 bridgehead atoms. The maximum Gasteiger partial charge on any atom is 0.265 e. The molecular formula is C12H18O5S2. The summed E-state index contributed by atoms with van der Waals surface area (Å²) in [6.45, 7) is 4.13. The van der Waals surface area contributed by atoms with E-state index in [9.17, 15) is 16.8 Å². The Morgan fingerprint density at radius 1 is 1.00 bits per heavy atom. The van der Waals surface area contributed by atoms with Crippen LogP contribution in [0, 0.1) is 5.92 Å². The van der Waals surface area contributed by atoms with Gasteiger partial charge in [-0.25, -0.2) is 8.42 Å². The van der Waals surface area contributed by atoms with Crippen LogP contribution in [0.1, 0.15) is 19.4 Å². The molecule has 0 heterocycles. The third kappa shape index (κ3) is 5.71. The molecule has 1 aromatic carbocycles. The summed E-state index contributed by atoms with van der Waals surface area (Å²) in [6, 6.07) is 6.38. The second-order valence-corrected chi connectivity index (χ2v) is 8.53. The zero-order chi connectivity index (χ0) is 14.7. The molecule has 108 valence electrons. The molecule has 0 fully saturated rings. The van der Waals surface area contributed by atoms with E-state index in [4.69, 9.17) is 4.55 Å². The SMILES string of the molecule is CC(C)Cc1ccc(S(=O)(=O)CCS(=O)(=O)O)cc1. The third-order valence-corrected chi connectivity index (χ3v) is 5.25. The zero-order valence-corrected chi connectivity index (χ0v) is 12.5. The zero-order valence-electron chi connectivity index (χ0n) is 10.9. The Morgan fingerprint density at radius 2 is 1.53 bits per heavy atom. The predicted octanol–water partition coefficient (Wildman–Crippen LogP) is 1.55. The van der Waals surface area contributed by atoms with Crippen LogP contribution in [0.2, 0.25) is 0 Å². The van der Waals surface area contributed by atoms with Crippen LogP contribution in [0.4, 0.5) is 0 Å². The van der Waals surface area contributed by atoms with E-state index in [1.807, 2.05) is 0 Å². The van der Waals surface area contributed by atoms with Crippen molar-refractivity contribution in [1.82, 2.24) is 0 Å². The molecule has 1 aromatic rings. The minimum Gasteiger partial charge on any atom is -0.286 e. The van der Waals surface area contributed by atoms with Crippen molar-refractivity contribution in [3.8, 4) is 0 Å². The Hall–Kier alpha value is -0.920. The van der Waals surface area contributed by atoms with E-state index in [-0.39, 0.29) is 4.90 Å². The molecule has 0 aliphatic rings. The summed E-state index contributed by atoms with van der Waals surface area (Å²) in [5, 5.41) is 0. The molecule has 7 heteroatoms. The van der Waals surface area contributed by atoms with Crippen molar-refractivity contribution in [1.29, 1.82) is 0 Å². The van der Waals surface area contributed by atoms with Gasteiger partial charge in [-0.1, -0.05) is 26.0 Å². The molecule has 0 saturated carbocycles. The first-order valence-electron chi connectivity index (χ1n) is 5.87. The summed E-state index contributed by atoms with van der Waals surface area (Å²) >= 11 is 0. The predicted molar refractivity (Wildman–Crippen MR) is 73.5 cm³/mol. The summed E-state index contributed by atoms with van der Waals surface area (Å²) in [5.41, 5.74) is 1.03. The Bertz CT molecular complexity index is 613. The van der Waals surface area contributed by atoms with Crippen molar-refractivity contribution < 1.29 is 21.4 Å². The van der Waals surface area contributed by atoms with E-state index in [2.05, 4.69) is 13.8 Å². The Morgan fingerprint density at radius 3 is 1.95 bits per heavy atom. The fourth-order valence-electron chi connectivity index (χ4n) is 1.64. The minimum absolute atomic E-state index is 0.0728. The van der Waals surface area contributed by atoms with Crippen LogP contribution in [-0.2, 0) is 26.4 Å². The van der Waals surface area contributed by atoms with Crippen LogP contribution in [0.5, 0.6) is 0 Å². The van der Waals surface area contributed by atoms with Crippen LogP contribution in [-0.4, -0.2) is 32.9 Å². The number of sulfone groups is 1. The molecule has 1 rings (SSSR count). The van der Waals surface area contributed by atoms with Gasteiger partial charge in [-0.15, -0.1) is 0 Å². The fourth-order valence-corrected chi connectivity index (χ4v) is 4.14. The quantitative estimate of drug-likeness (QED) is 0.805. The van der Waals surface area contributed by atoms with Crippen LogP contribution in [0.25, 0.3) is 0 Å². The molecule has 0 aliphatic carbocycles. The van der Waals surface area contributed by atoms with Gasteiger partial charge in [0.05, 0.1) is 16.4 Å². The van der Waals surface area contributed by atoms with Crippen LogP contribution < -0.4 is 0 Å². The van der Waals surface area contributed by atoms with Gasteiger partial charge in [0, 0.05) is 0 Å². The molecule has 0 aromatic heterocycles. The third-order valence-electron chi connectivity index (χ3n) is 2.54. The lowest BCUT2D eigenvalue weighted by Crippen LogP contribution is -2.16. The van der Waals surface area contributed by atoms with Gasteiger partial charge in [-0.3, -0.25) is 4.55 Å². The summed E-state index contributed by atoms with van der Waals surface area (Å²) in [5.74, 6) is -0.930. The first kappa shape index (κ1) is 16.1. The van der Waals surface area contributed by atoms with Crippen molar-refractivity contribution >= 4 is 20.0 Å². The summed E-state index contributed by atoms with van der Waals surface area (Å²) in [7, 11) is -7.95. The van der Waals surface area contributed by atoms with E-state index >= 15 is 0 Å². The van der Waals surface area contributed by atoms with Crippen molar-refractivity contribution in [3.05, 3.63) is 29.8 Å². The number of hydrogen-bond donors (Lipinski definition) is 1. The van der Waals surface area contributed by atoms with Crippen molar-refractivity contribution in [3.63, 3.8) is 0 Å². The fraction of sp³-hybridized carbons (Fsp3) is 0.500. The maximum atomic E-state index is 11.8. The monoisotopic (exact) mass is 306 g/mol. The summed E-state index contributed by atoms with van der Waals surface area (Å²) < 4.78 is 53.4. The second-order valence-electron chi connectivity index (χ2n) is 4.85. The van der Waals surface area contributed by atoms with Gasteiger partial charge in [-0.05, 0) is 30.0 Å². The minimum atomic E-state index is -4.27. The average Bonchev–Trinajstić information content (AvgIpc) is 2.26. The highest BCUT2D eigenvalue weighted by atomic mass is 32.2. The largest absolute Gasteiger partial charge is 0.286 e. The molecule has 0 spiro atoms. The molecule has 0 unspecified atom stereocenters. The molecular weight excluding hydrogens is 288 g/mol. The van der Waals surface area contributed by atoms with E-state index in [1.54, 1.807) is 12.1 Å². The van der Waals surface area contributed by atoms with E-state index in [0.717, 1.165) is 12.0 Å². The van der Waals surface area contributed by atoms with E-state index in [1.165, 1.54) is 12.1 Å². The molecule has 0 atom stereocenters. The van der Waals surface area contributed by atoms with Crippen molar-refractivity contribution in [2.24, 2.45) is 5.92 Å². The molecule has 5 nitrogen and oxygen atoms in total. The maximum absolute atomic E-state index is 11.8. The van der Waals surface area contributed by atoms with Crippen LogP contribution in [0.3, 0.4) is 0 Å². The topological polar surface area (TPSA) is 88.5 Å². The van der Waals surface area contributed by atoms with Crippen LogP contribution >= 0.6 is 0 Å². The highest BCUT2D eigenvalue weighted by Gasteiger charge is 2.18. The lowest BCUT2D eigenvalue weighted by atomic mass is 10.0. The molecule has 19 heavy (non-hydrogen) atoms. The molecule has 0 aliphatic heterocycles. The van der Waals surface area contributed by atoms with Gasteiger partial charge in [0.2, 0.25) is 0 Å². The molecule has 0 amide bonds. The van der Waals surface area contributed by atoms with Gasteiger partial charge < -0.3 is 0 Å². The summed E-state index contributed by atoms with van der Waals surface area (Å²) in [4.78, 5) is 0.0728. The highest BCUT2D eigenvalue weighted by Crippen LogP contribution is 2.15. The second kappa shape index (κ2) is 6.02. The lowest BCUT2D eigenvalue weighted by molar-refractivity contribution is 0.484. The Kier molecular flexibility index (Phi) is 5.11. The smallest absolute Gasteiger partial charge is 0.265 e. The highest BCUT2D eigenvalue weighted by molar-refractivity contribution is 7.93. The van der Waals surface area contributed by atoms with Crippen LogP contribution in [0.15, 0.2) is 29.2 Å². The van der Waals surface area contributed by atoms with Gasteiger partial charge in [-0.2, -0.15) is 8.42 Å². The number of benzene rings is 1. The van der Waals surface area contributed by atoms with Crippen molar-refractivity contribution in [2.45, 2.75) is 25.2 Å². The number of hydrogen-bond acceptors (Lipinski definition) is 4. The Labute approximate surface area is 114 Å². The Balaban J connectivity index is 2.85. The lowest BCUT2D eigenvalue weighted by Gasteiger charge is -2.07. The first-order valence-corrected chi connectivity index (χ1v) is 9.13. The normalized spacial score (nSPS) is 12.8. The number of rotatable bonds is 6. The average molecular weight is 306 g/mol. The van der Waals surface area contributed by atoms with E-state index < -0.39 is 31.5 Å². The molecule has 0 saturated heterocycles. The van der Waals surface area contributed by atoms with Gasteiger partial charge >= 0.3 is 0 Å². The molecule has 0 radical (unpaired) electrons. The summed E-state index contributed by atoms with van der Waals surface area (Å²) in [6.07, 6.45) is 0.853. The van der Waals surface area contributed by atoms with E-state index in [0.29, 0.717) is 5.92 Å².